The molecule has 1 aromatic rings. The van der Waals surface area contributed by atoms with Gasteiger partial charge in [-0.25, -0.2) is 0 Å². The summed E-state index contributed by atoms with van der Waals surface area (Å²) in [7, 11) is 0. The number of nitrogens with one attached hydrogen (secondary N) is 1. The van der Waals surface area contributed by atoms with E-state index in [1.807, 2.05) is 6.26 Å². The van der Waals surface area contributed by atoms with E-state index in [0.29, 0.717) is 19.4 Å². The summed E-state index contributed by atoms with van der Waals surface area (Å²) >= 11 is 1.61. The molecule has 0 aliphatic carbocycles. The van der Waals surface area contributed by atoms with Crippen LogP contribution < -0.4 is 5.32 Å². The van der Waals surface area contributed by atoms with Crippen LogP contribution in [0.1, 0.15) is 12.1 Å². The van der Waals surface area contributed by atoms with Crippen molar-refractivity contribution in [1.29, 1.82) is 0 Å². The molecule has 2 N–H and O–H groups in total. The van der Waals surface area contributed by atoms with Gasteiger partial charge in [-0.2, -0.15) is 11.8 Å². The average molecular weight is 255 g/mol. The Balaban J connectivity index is 2.20. The molecule has 1 atom stereocenters. The number of aromatic nitrogens is 2. The normalized spacial score (nSPS) is 12.1. The third kappa shape index (κ3) is 5.65. The standard InChI is InChI=1S/C11H17N3O2S/c1-17-7-3-10(15)11(16)14-4-2-9-8-12-5-6-13-9/h5-6,8,10,15H,2-4,7H2,1H3,(H,14,16)/t10-/m1/s1. The van der Waals surface area contributed by atoms with E-state index in [4.69, 9.17) is 0 Å². The van der Waals surface area contributed by atoms with Gasteiger partial charge in [0.25, 0.3) is 0 Å². The van der Waals surface area contributed by atoms with Crippen molar-refractivity contribution >= 4 is 17.7 Å². The van der Waals surface area contributed by atoms with E-state index in [9.17, 15) is 9.90 Å². The zero-order valence-corrected chi connectivity index (χ0v) is 10.6. The van der Waals surface area contributed by atoms with Gasteiger partial charge in [-0.3, -0.25) is 14.8 Å². The number of hydrogen-bond donors (Lipinski definition) is 2. The van der Waals surface area contributed by atoms with Crippen LogP contribution in [-0.2, 0) is 11.2 Å². The highest BCUT2D eigenvalue weighted by molar-refractivity contribution is 7.98. The summed E-state index contributed by atoms with van der Waals surface area (Å²) < 4.78 is 0. The SMILES string of the molecule is CSCC[C@@H](O)C(=O)NCCc1cnccn1. The predicted molar refractivity (Wildman–Crippen MR) is 67.8 cm³/mol. The fourth-order valence-electron chi connectivity index (χ4n) is 1.25. The molecule has 0 saturated carbocycles. The van der Waals surface area contributed by atoms with Gasteiger partial charge in [0.05, 0.1) is 5.69 Å². The van der Waals surface area contributed by atoms with E-state index >= 15 is 0 Å². The first-order valence-electron chi connectivity index (χ1n) is 5.43. The number of nitrogens with zero attached hydrogens (tertiary/aromatic N) is 2. The van der Waals surface area contributed by atoms with Crippen LogP contribution in [0, 0.1) is 0 Å². The van der Waals surface area contributed by atoms with Gasteiger partial charge in [-0.1, -0.05) is 0 Å². The Hall–Kier alpha value is -1.14. The number of rotatable bonds is 7. The van der Waals surface area contributed by atoms with Gasteiger partial charge in [0.15, 0.2) is 0 Å². The van der Waals surface area contributed by atoms with Gasteiger partial charge >= 0.3 is 0 Å². The lowest BCUT2D eigenvalue weighted by atomic mass is 10.2. The Labute approximate surface area is 105 Å². The quantitative estimate of drug-likeness (QED) is 0.730. The van der Waals surface area contributed by atoms with Crippen LogP contribution in [0.2, 0.25) is 0 Å². The van der Waals surface area contributed by atoms with Crippen LogP contribution in [0.15, 0.2) is 18.6 Å². The van der Waals surface area contributed by atoms with Gasteiger partial charge in [0.2, 0.25) is 5.91 Å². The van der Waals surface area contributed by atoms with Gasteiger partial charge in [-0.15, -0.1) is 0 Å². The minimum atomic E-state index is -0.913. The number of aliphatic hydroxyl groups excluding tert-OH is 1. The number of carbonyl (C=O) groups is 1. The summed E-state index contributed by atoms with van der Waals surface area (Å²) in [6.07, 6.45) is 7.02. The number of thioether (sulfide) groups is 1. The predicted octanol–water partition coefficient (Wildman–Crippen LogP) is 0.249. The molecule has 0 bridgehead atoms. The van der Waals surface area contributed by atoms with Crippen LogP contribution in [0.3, 0.4) is 0 Å². The Morgan fingerprint density at radius 3 is 3.06 bits per heavy atom. The molecule has 94 valence electrons. The molecule has 0 radical (unpaired) electrons. The lowest BCUT2D eigenvalue weighted by molar-refractivity contribution is -0.129. The van der Waals surface area contributed by atoms with E-state index in [1.54, 1.807) is 30.4 Å². The van der Waals surface area contributed by atoms with Crippen molar-refractivity contribution in [1.82, 2.24) is 15.3 Å². The molecule has 5 nitrogen and oxygen atoms in total. The third-order valence-electron chi connectivity index (χ3n) is 2.20. The molecule has 0 spiro atoms. The smallest absolute Gasteiger partial charge is 0.248 e. The van der Waals surface area contributed by atoms with Crippen LogP contribution in [0.4, 0.5) is 0 Å². The molecular weight excluding hydrogens is 238 g/mol. The molecule has 0 aromatic carbocycles. The molecule has 1 amide bonds. The number of carbonyl (C=O) groups excluding carboxylic acids is 1. The largest absolute Gasteiger partial charge is 0.383 e. The summed E-state index contributed by atoms with van der Waals surface area (Å²) in [5, 5.41) is 12.2. The zero-order valence-electron chi connectivity index (χ0n) is 9.80. The summed E-state index contributed by atoms with van der Waals surface area (Å²) in [6.45, 7) is 0.466. The van der Waals surface area contributed by atoms with Crippen molar-refractivity contribution in [2.45, 2.75) is 18.9 Å². The van der Waals surface area contributed by atoms with Gasteiger partial charge in [0, 0.05) is 31.6 Å². The molecule has 1 rings (SSSR count). The molecule has 0 aliphatic rings. The summed E-state index contributed by atoms with van der Waals surface area (Å²) in [6, 6.07) is 0. The molecule has 17 heavy (non-hydrogen) atoms. The van der Waals surface area contributed by atoms with Crippen molar-refractivity contribution in [2.24, 2.45) is 0 Å². The molecule has 1 heterocycles. The Morgan fingerprint density at radius 2 is 2.41 bits per heavy atom. The van der Waals surface area contributed by atoms with E-state index in [-0.39, 0.29) is 5.91 Å². The molecule has 0 unspecified atom stereocenters. The monoisotopic (exact) mass is 255 g/mol. The maximum atomic E-state index is 11.4. The highest BCUT2D eigenvalue weighted by Crippen LogP contribution is 2.00. The van der Waals surface area contributed by atoms with Crippen molar-refractivity contribution in [2.75, 3.05) is 18.6 Å². The first kappa shape index (κ1) is 13.9. The Morgan fingerprint density at radius 1 is 1.59 bits per heavy atom. The lowest BCUT2D eigenvalue weighted by Crippen LogP contribution is -2.36. The van der Waals surface area contributed by atoms with E-state index in [2.05, 4.69) is 15.3 Å². The topological polar surface area (TPSA) is 75.1 Å². The van der Waals surface area contributed by atoms with Gasteiger partial charge in [0.1, 0.15) is 6.10 Å². The summed E-state index contributed by atoms with van der Waals surface area (Å²) in [4.78, 5) is 19.5. The first-order valence-corrected chi connectivity index (χ1v) is 6.83. The van der Waals surface area contributed by atoms with E-state index < -0.39 is 6.10 Å². The Bertz CT molecular complexity index is 335. The lowest BCUT2D eigenvalue weighted by Gasteiger charge is -2.10. The van der Waals surface area contributed by atoms with Crippen LogP contribution in [0.25, 0.3) is 0 Å². The van der Waals surface area contributed by atoms with Crippen molar-refractivity contribution in [3.8, 4) is 0 Å². The number of aliphatic hydroxyl groups is 1. The minimum absolute atomic E-state index is 0.317. The van der Waals surface area contributed by atoms with Gasteiger partial charge in [-0.05, 0) is 18.4 Å². The number of amides is 1. The van der Waals surface area contributed by atoms with Crippen LogP contribution >= 0.6 is 11.8 Å². The maximum absolute atomic E-state index is 11.4. The fraction of sp³-hybridized carbons (Fsp3) is 0.545. The zero-order chi connectivity index (χ0) is 12.5. The molecule has 6 heteroatoms. The highest BCUT2D eigenvalue weighted by Gasteiger charge is 2.13. The fourth-order valence-corrected chi connectivity index (χ4v) is 1.71. The van der Waals surface area contributed by atoms with Crippen LogP contribution in [0.5, 0.6) is 0 Å². The second kappa shape index (κ2) is 8.03. The number of hydrogen-bond acceptors (Lipinski definition) is 5. The van der Waals surface area contributed by atoms with E-state index in [1.165, 1.54) is 0 Å². The van der Waals surface area contributed by atoms with Crippen molar-refractivity contribution < 1.29 is 9.90 Å². The minimum Gasteiger partial charge on any atom is -0.383 e. The molecule has 0 saturated heterocycles. The van der Waals surface area contributed by atoms with Crippen molar-refractivity contribution in [3.05, 3.63) is 24.3 Å². The second-order valence-corrected chi connectivity index (χ2v) is 4.52. The van der Waals surface area contributed by atoms with Crippen LogP contribution in [-0.4, -0.2) is 45.6 Å². The Kier molecular flexibility index (Phi) is 6.57. The molecule has 0 aliphatic heterocycles. The van der Waals surface area contributed by atoms with Gasteiger partial charge < -0.3 is 10.4 Å². The third-order valence-corrected chi connectivity index (χ3v) is 2.84. The molecule has 0 fully saturated rings. The average Bonchev–Trinajstić information content (AvgIpc) is 2.37. The van der Waals surface area contributed by atoms with E-state index in [0.717, 1.165) is 11.4 Å². The van der Waals surface area contributed by atoms with Crippen molar-refractivity contribution in [3.63, 3.8) is 0 Å². The maximum Gasteiger partial charge on any atom is 0.248 e. The highest BCUT2D eigenvalue weighted by atomic mass is 32.2. The molecular formula is C11H17N3O2S. The summed E-state index contributed by atoms with van der Waals surface area (Å²) in [5.74, 6) is 0.460. The molecule has 1 aromatic heterocycles. The second-order valence-electron chi connectivity index (χ2n) is 3.54. The first-order chi connectivity index (χ1) is 8.24. The summed E-state index contributed by atoms with van der Waals surface area (Å²) in [5.41, 5.74) is 0.825.